The van der Waals surface area contributed by atoms with Gasteiger partial charge in [-0.25, -0.2) is 0 Å². The van der Waals surface area contributed by atoms with Crippen LogP contribution in [0.15, 0.2) is 48.5 Å². The lowest BCUT2D eigenvalue weighted by Gasteiger charge is -2.22. The molecule has 0 unspecified atom stereocenters. The Bertz CT molecular complexity index is 689. The van der Waals surface area contributed by atoms with Crippen molar-refractivity contribution in [2.75, 3.05) is 27.2 Å². The highest BCUT2D eigenvalue weighted by Gasteiger charge is 2.17. The first kappa shape index (κ1) is 19.3. The molecule has 0 spiro atoms. The molecule has 2 aromatic rings. The maximum atomic E-state index is 12.1. The van der Waals surface area contributed by atoms with Crippen molar-refractivity contribution < 1.29 is 14.4 Å². The van der Waals surface area contributed by atoms with Gasteiger partial charge in [-0.3, -0.25) is 4.79 Å². The summed E-state index contributed by atoms with van der Waals surface area (Å²) in [7, 11) is 4.21. The van der Waals surface area contributed by atoms with Crippen molar-refractivity contribution in [1.29, 1.82) is 0 Å². The highest BCUT2D eigenvalue weighted by molar-refractivity contribution is 6.31. The van der Waals surface area contributed by atoms with Crippen molar-refractivity contribution >= 4 is 17.5 Å². The van der Waals surface area contributed by atoms with Gasteiger partial charge < -0.3 is 15.0 Å². The van der Waals surface area contributed by atoms with Crippen LogP contribution in [0.4, 0.5) is 0 Å². The van der Waals surface area contributed by atoms with Gasteiger partial charge in [-0.05, 0) is 36.2 Å². The first-order valence-corrected chi connectivity index (χ1v) is 8.83. The van der Waals surface area contributed by atoms with Crippen LogP contribution in [0.3, 0.4) is 0 Å². The third kappa shape index (κ3) is 6.40. The molecule has 0 saturated carbocycles. The van der Waals surface area contributed by atoms with Crippen molar-refractivity contribution in [3.05, 3.63) is 64.7 Å². The van der Waals surface area contributed by atoms with Gasteiger partial charge in [0.05, 0.1) is 20.6 Å². The van der Waals surface area contributed by atoms with Gasteiger partial charge in [0.1, 0.15) is 11.8 Å². The fourth-order valence-corrected chi connectivity index (χ4v) is 2.64. The van der Waals surface area contributed by atoms with Crippen LogP contribution in [0.1, 0.15) is 11.1 Å². The van der Waals surface area contributed by atoms with E-state index in [1.807, 2.05) is 31.2 Å². The summed E-state index contributed by atoms with van der Waals surface area (Å²) in [5, 5.41) is 3.66. The highest BCUT2D eigenvalue weighted by Crippen LogP contribution is 2.20. The van der Waals surface area contributed by atoms with Gasteiger partial charge in [-0.2, -0.15) is 0 Å². The molecule has 0 aliphatic carbocycles. The molecule has 0 radical (unpaired) electrons. The second-order valence-electron chi connectivity index (χ2n) is 6.47. The quantitative estimate of drug-likeness (QED) is 0.754. The van der Waals surface area contributed by atoms with Crippen molar-refractivity contribution in [3.63, 3.8) is 0 Å². The SMILES string of the molecule is Cc1cc(OCC(=O)NC[C@@H](Cc2ccccc2)[NH+](C)C)ccc1Cl. The number of amides is 1. The van der Waals surface area contributed by atoms with Crippen LogP contribution in [-0.2, 0) is 11.2 Å². The molecule has 25 heavy (non-hydrogen) atoms. The molecule has 2 aromatic carbocycles. The number of hydrogen-bond donors (Lipinski definition) is 2. The lowest BCUT2D eigenvalue weighted by atomic mass is 10.1. The zero-order chi connectivity index (χ0) is 18.2. The van der Waals surface area contributed by atoms with Gasteiger partial charge >= 0.3 is 0 Å². The topological polar surface area (TPSA) is 42.8 Å². The van der Waals surface area contributed by atoms with E-state index >= 15 is 0 Å². The molecule has 0 aliphatic heterocycles. The molecule has 2 rings (SSSR count). The number of rotatable bonds is 8. The van der Waals surface area contributed by atoms with Gasteiger partial charge in [-0.15, -0.1) is 0 Å². The molecule has 0 saturated heterocycles. The van der Waals surface area contributed by atoms with Crippen LogP contribution in [0.5, 0.6) is 5.75 Å². The maximum Gasteiger partial charge on any atom is 0.258 e. The van der Waals surface area contributed by atoms with Crippen LogP contribution >= 0.6 is 11.6 Å². The van der Waals surface area contributed by atoms with Crippen molar-refractivity contribution in [1.82, 2.24) is 5.32 Å². The van der Waals surface area contributed by atoms with Gasteiger partial charge in [0.15, 0.2) is 6.61 Å². The van der Waals surface area contributed by atoms with Gasteiger partial charge in [0.2, 0.25) is 0 Å². The number of quaternary nitrogens is 1. The number of nitrogens with one attached hydrogen (secondary N) is 2. The minimum atomic E-state index is -0.119. The van der Waals surface area contributed by atoms with Crippen molar-refractivity contribution in [3.8, 4) is 5.75 Å². The van der Waals surface area contributed by atoms with E-state index in [2.05, 4.69) is 31.5 Å². The predicted molar refractivity (Wildman–Crippen MR) is 101 cm³/mol. The Morgan fingerprint density at radius 2 is 1.92 bits per heavy atom. The largest absolute Gasteiger partial charge is 0.484 e. The first-order valence-electron chi connectivity index (χ1n) is 8.45. The number of carbonyl (C=O) groups is 1. The Morgan fingerprint density at radius 3 is 2.56 bits per heavy atom. The Labute approximate surface area is 154 Å². The van der Waals surface area contributed by atoms with E-state index in [4.69, 9.17) is 16.3 Å². The molecular weight excluding hydrogens is 336 g/mol. The minimum Gasteiger partial charge on any atom is -0.484 e. The van der Waals surface area contributed by atoms with Crippen LogP contribution in [0, 0.1) is 6.92 Å². The fourth-order valence-electron chi connectivity index (χ4n) is 2.52. The summed E-state index contributed by atoms with van der Waals surface area (Å²) < 4.78 is 5.54. The lowest BCUT2D eigenvalue weighted by molar-refractivity contribution is -0.884. The maximum absolute atomic E-state index is 12.1. The predicted octanol–water partition coefficient (Wildman–Crippen LogP) is 1.90. The van der Waals surface area contributed by atoms with Gasteiger partial charge in [-0.1, -0.05) is 41.9 Å². The Kier molecular flexibility index (Phi) is 7.29. The zero-order valence-electron chi connectivity index (χ0n) is 15.0. The van der Waals surface area contributed by atoms with Crippen LogP contribution in [-0.4, -0.2) is 39.2 Å². The average molecular weight is 362 g/mol. The summed E-state index contributed by atoms with van der Waals surface area (Å²) in [6.45, 7) is 2.52. The molecule has 0 aromatic heterocycles. The van der Waals surface area contributed by atoms with Crippen LogP contribution in [0.25, 0.3) is 0 Å². The number of ether oxygens (including phenoxy) is 1. The van der Waals surface area contributed by atoms with Crippen LogP contribution < -0.4 is 15.0 Å². The second-order valence-corrected chi connectivity index (χ2v) is 6.87. The number of likely N-dealkylation sites (N-methyl/N-ethyl adjacent to an activating group) is 1. The summed E-state index contributed by atoms with van der Waals surface area (Å²) in [4.78, 5) is 13.4. The first-order chi connectivity index (χ1) is 12.0. The number of aryl methyl sites for hydroxylation is 1. The summed E-state index contributed by atoms with van der Waals surface area (Å²) in [6, 6.07) is 16.0. The molecule has 2 N–H and O–H groups in total. The van der Waals surface area contributed by atoms with Crippen molar-refractivity contribution in [2.45, 2.75) is 19.4 Å². The second kappa shape index (κ2) is 9.44. The van der Waals surface area contributed by atoms with Crippen molar-refractivity contribution in [2.24, 2.45) is 0 Å². The molecule has 1 atom stereocenters. The Balaban J connectivity index is 1.81. The number of hydrogen-bond acceptors (Lipinski definition) is 2. The van der Waals surface area contributed by atoms with E-state index in [1.54, 1.807) is 12.1 Å². The van der Waals surface area contributed by atoms with E-state index in [1.165, 1.54) is 10.5 Å². The summed E-state index contributed by atoms with van der Waals surface area (Å²) in [5.74, 6) is 0.531. The molecule has 0 bridgehead atoms. The average Bonchev–Trinajstić information content (AvgIpc) is 2.60. The molecule has 4 nitrogen and oxygen atoms in total. The summed E-state index contributed by atoms with van der Waals surface area (Å²) in [6.07, 6.45) is 0.917. The third-order valence-corrected chi connectivity index (χ3v) is 4.61. The Morgan fingerprint density at radius 1 is 1.20 bits per heavy atom. The number of halogens is 1. The molecular formula is C20H26ClN2O2+. The van der Waals surface area contributed by atoms with Gasteiger partial charge in [0.25, 0.3) is 5.91 Å². The normalized spacial score (nSPS) is 12.0. The fraction of sp³-hybridized carbons (Fsp3) is 0.350. The van der Waals surface area contributed by atoms with E-state index in [0.717, 1.165) is 12.0 Å². The molecule has 0 heterocycles. The van der Waals surface area contributed by atoms with E-state index in [-0.39, 0.29) is 12.5 Å². The van der Waals surface area contributed by atoms with E-state index in [0.29, 0.717) is 23.4 Å². The molecule has 0 fully saturated rings. The highest BCUT2D eigenvalue weighted by atomic mass is 35.5. The number of carbonyl (C=O) groups excluding carboxylic acids is 1. The summed E-state index contributed by atoms with van der Waals surface area (Å²) in [5.41, 5.74) is 2.20. The molecule has 0 aliphatic rings. The monoisotopic (exact) mass is 361 g/mol. The zero-order valence-corrected chi connectivity index (χ0v) is 15.8. The van der Waals surface area contributed by atoms with E-state index < -0.39 is 0 Å². The Hall–Kier alpha value is -2.04. The number of benzene rings is 2. The molecule has 1 amide bonds. The van der Waals surface area contributed by atoms with E-state index in [9.17, 15) is 4.79 Å². The summed E-state index contributed by atoms with van der Waals surface area (Å²) >= 11 is 5.99. The van der Waals surface area contributed by atoms with Gasteiger partial charge in [0, 0.05) is 11.4 Å². The minimum absolute atomic E-state index is 0.00188. The lowest BCUT2D eigenvalue weighted by Crippen LogP contribution is -3.11. The molecule has 134 valence electrons. The van der Waals surface area contributed by atoms with Crippen LogP contribution in [0.2, 0.25) is 5.02 Å². The molecule has 5 heteroatoms. The third-order valence-electron chi connectivity index (χ3n) is 4.19. The smallest absolute Gasteiger partial charge is 0.258 e. The standard InChI is InChI=1S/C20H25ClN2O2/c1-15-11-18(9-10-19(15)21)25-14-20(24)22-13-17(23(2)3)12-16-7-5-4-6-8-16/h4-11,17H,12-14H2,1-3H3,(H,22,24)/p+1/t17-/m1/s1.